The molecule has 2 heterocycles. The molecule has 0 bridgehead atoms. The van der Waals surface area contributed by atoms with E-state index in [1.165, 1.54) is 47.9 Å². The molecule has 1 fully saturated rings. The Bertz CT molecular complexity index is 951. The van der Waals surface area contributed by atoms with Crippen LogP contribution in [0.4, 0.5) is 13.9 Å². The summed E-state index contributed by atoms with van der Waals surface area (Å²) < 4.78 is 30.4. The minimum atomic E-state index is -0.353. The van der Waals surface area contributed by atoms with Gasteiger partial charge in [0.15, 0.2) is 0 Å². The summed E-state index contributed by atoms with van der Waals surface area (Å²) in [5.41, 5.74) is 1.45. The number of carbonyl (C=O) groups is 1. The molecule has 1 aromatic heterocycles. The van der Waals surface area contributed by atoms with Gasteiger partial charge in [-0.2, -0.15) is 4.37 Å². The molecule has 1 saturated heterocycles. The lowest BCUT2D eigenvalue weighted by molar-refractivity contribution is 0.0746. The maximum Gasteiger partial charge on any atom is 0.253 e. The lowest BCUT2D eigenvalue weighted by Crippen LogP contribution is -2.48. The summed E-state index contributed by atoms with van der Waals surface area (Å²) in [4.78, 5) is 21.0. The SMILES string of the molecule is O=C(c1ccc(F)cc1)N1CCN(c2nc(Cc3ccc(F)cc3)ns2)CC1. The van der Waals surface area contributed by atoms with Crippen LogP contribution in [0.1, 0.15) is 21.7 Å². The van der Waals surface area contributed by atoms with E-state index in [9.17, 15) is 13.6 Å². The van der Waals surface area contributed by atoms with Gasteiger partial charge in [-0.1, -0.05) is 12.1 Å². The molecule has 0 spiro atoms. The van der Waals surface area contributed by atoms with Gasteiger partial charge in [0, 0.05) is 49.7 Å². The van der Waals surface area contributed by atoms with Gasteiger partial charge in [0.05, 0.1) is 0 Å². The standard InChI is InChI=1S/C20H18F2N4OS/c21-16-5-1-14(2-6-16)13-18-23-20(28-24-18)26-11-9-25(10-12-26)19(27)15-3-7-17(22)8-4-15/h1-8H,9-13H2. The van der Waals surface area contributed by atoms with E-state index in [-0.39, 0.29) is 17.5 Å². The summed E-state index contributed by atoms with van der Waals surface area (Å²) >= 11 is 1.33. The fourth-order valence-corrected chi connectivity index (χ4v) is 3.84. The van der Waals surface area contributed by atoms with Gasteiger partial charge in [-0.05, 0) is 42.0 Å². The fourth-order valence-electron chi connectivity index (χ4n) is 3.11. The maximum absolute atomic E-state index is 13.0. The Hall–Kier alpha value is -2.87. The molecular weight excluding hydrogens is 382 g/mol. The number of benzene rings is 2. The number of amides is 1. The number of nitrogens with zero attached hydrogens (tertiary/aromatic N) is 4. The number of hydrogen-bond donors (Lipinski definition) is 0. The van der Waals surface area contributed by atoms with Gasteiger partial charge in [0.2, 0.25) is 5.13 Å². The van der Waals surface area contributed by atoms with Crippen LogP contribution in [0.3, 0.4) is 0 Å². The van der Waals surface area contributed by atoms with Crippen LogP contribution in [0.15, 0.2) is 48.5 Å². The van der Waals surface area contributed by atoms with Crippen LogP contribution in [0, 0.1) is 11.6 Å². The monoisotopic (exact) mass is 400 g/mol. The molecule has 0 aliphatic carbocycles. The van der Waals surface area contributed by atoms with E-state index in [0.717, 1.165) is 10.7 Å². The molecule has 8 heteroatoms. The average molecular weight is 400 g/mol. The lowest BCUT2D eigenvalue weighted by atomic mass is 10.1. The highest BCUT2D eigenvalue weighted by atomic mass is 32.1. The second-order valence-corrected chi connectivity index (χ2v) is 7.31. The van der Waals surface area contributed by atoms with Crippen molar-refractivity contribution in [3.05, 3.63) is 77.1 Å². The Labute approximate surface area is 165 Å². The zero-order chi connectivity index (χ0) is 19.5. The molecule has 0 unspecified atom stereocenters. The van der Waals surface area contributed by atoms with E-state index in [1.54, 1.807) is 17.0 Å². The minimum Gasteiger partial charge on any atom is -0.343 e. The summed E-state index contributed by atoms with van der Waals surface area (Å²) in [6, 6.07) is 11.9. The van der Waals surface area contributed by atoms with E-state index in [4.69, 9.17) is 0 Å². The van der Waals surface area contributed by atoms with Gasteiger partial charge < -0.3 is 9.80 Å². The smallest absolute Gasteiger partial charge is 0.253 e. The molecule has 3 aromatic rings. The maximum atomic E-state index is 13.0. The number of aromatic nitrogens is 2. The van der Waals surface area contributed by atoms with Crippen molar-refractivity contribution in [3.63, 3.8) is 0 Å². The van der Waals surface area contributed by atoms with Gasteiger partial charge in [-0.15, -0.1) is 0 Å². The first-order chi connectivity index (χ1) is 13.6. The number of anilines is 1. The van der Waals surface area contributed by atoms with E-state index in [2.05, 4.69) is 14.3 Å². The van der Waals surface area contributed by atoms with Crippen LogP contribution in [-0.2, 0) is 6.42 Å². The Morgan fingerprint density at radius 1 is 0.929 bits per heavy atom. The summed E-state index contributed by atoms with van der Waals surface area (Å²) in [6.07, 6.45) is 0.555. The summed E-state index contributed by atoms with van der Waals surface area (Å²) in [7, 11) is 0. The van der Waals surface area contributed by atoms with Gasteiger partial charge in [-0.3, -0.25) is 4.79 Å². The van der Waals surface area contributed by atoms with Crippen LogP contribution < -0.4 is 4.90 Å². The first-order valence-corrected chi connectivity index (χ1v) is 9.72. The average Bonchev–Trinajstić information content (AvgIpc) is 3.18. The molecule has 0 radical (unpaired) electrons. The third-order valence-corrected chi connectivity index (χ3v) is 5.48. The summed E-state index contributed by atoms with van der Waals surface area (Å²) in [5, 5.41) is 0.825. The van der Waals surface area contributed by atoms with E-state index < -0.39 is 0 Å². The van der Waals surface area contributed by atoms with Crippen molar-refractivity contribution in [2.45, 2.75) is 6.42 Å². The topological polar surface area (TPSA) is 49.3 Å². The Morgan fingerprint density at radius 2 is 1.54 bits per heavy atom. The third-order valence-electron chi connectivity index (χ3n) is 4.66. The molecule has 144 valence electrons. The number of carbonyl (C=O) groups excluding carboxylic acids is 1. The van der Waals surface area contributed by atoms with Crippen LogP contribution >= 0.6 is 11.5 Å². The number of hydrogen-bond acceptors (Lipinski definition) is 5. The second-order valence-electron chi connectivity index (χ2n) is 6.58. The lowest BCUT2D eigenvalue weighted by Gasteiger charge is -2.34. The highest BCUT2D eigenvalue weighted by Crippen LogP contribution is 2.21. The predicted octanol–water partition coefficient (Wildman–Crippen LogP) is 3.37. The molecule has 1 aliphatic rings. The quantitative estimate of drug-likeness (QED) is 0.674. The molecule has 28 heavy (non-hydrogen) atoms. The van der Waals surface area contributed by atoms with Gasteiger partial charge in [-0.25, -0.2) is 13.8 Å². The van der Waals surface area contributed by atoms with Gasteiger partial charge in [0.1, 0.15) is 17.5 Å². The molecule has 0 saturated carbocycles. The van der Waals surface area contributed by atoms with E-state index >= 15 is 0 Å². The zero-order valence-electron chi connectivity index (χ0n) is 15.0. The van der Waals surface area contributed by atoms with Crippen LogP contribution in [0.2, 0.25) is 0 Å². The molecule has 4 rings (SSSR count). The Morgan fingerprint density at radius 3 is 2.18 bits per heavy atom. The highest BCUT2D eigenvalue weighted by molar-refractivity contribution is 7.09. The summed E-state index contributed by atoms with van der Waals surface area (Å²) in [5.74, 6) is 0.00292. The second kappa shape index (κ2) is 8.02. The van der Waals surface area contributed by atoms with Crippen molar-refractivity contribution in [1.82, 2.24) is 14.3 Å². The van der Waals surface area contributed by atoms with Crippen molar-refractivity contribution >= 4 is 22.6 Å². The third kappa shape index (κ3) is 4.17. The number of piperazine rings is 1. The fraction of sp³-hybridized carbons (Fsp3) is 0.250. The Kier molecular flexibility index (Phi) is 5.29. The van der Waals surface area contributed by atoms with Crippen LogP contribution in [-0.4, -0.2) is 46.3 Å². The molecule has 1 amide bonds. The molecule has 2 aromatic carbocycles. The zero-order valence-corrected chi connectivity index (χ0v) is 15.8. The van der Waals surface area contributed by atoms with Gasteiger partial charge >= 0.3 is 0 Å². The minimum absolute atomic E-state index is 0.0890. The molecule has 5 nitrogen and oxygen atoms in total. The van der Waals surface area contributed by atoms with Crippen LogP contribution in [0.5, 0.6) is 0 Å². The van der Waals surface area contributed by atoms with Crippen molar-refractivity contribution < 1.29 is 13.6 Å². The molecule has 0 atom stereocenters. The van der Waals surface area contributed by atoms with Crippen molar-refractivity contribution in [2.24, 2.45) is 0 Å². The highest BCUT2D eigenvalue weighted by Gasteiger charge is 2.24. The normalized spacial score (nSPS) is 14.4. The van der Waals surface area contributed by atoms with Crippen molar-refractivity contribution in [1.29, 1.82) is 0 Å². The Balaban J connectivity index is 1.35. The van der Waals surface area contributed by atoms with E-state index in [1.807, 2.05) is 0 Å². The van der Waals surface area contributed by atoms with Crippen LogP contribution in [0.25, 0.3) is 0 Å². The molecular formula is C20H18F2N4OS. The predicted molar refractivity (Wildman–Crippen MR) is 104 cm³/mol. The van der Waals surface area contributed by atoms with Crippen molar-refractivity contribution in [3.8, 4) is 0 Å². The van der Waals surface area contributed by atoms with Gasteiger partial charge in [0.25, 0.3) is 5.91 Å². The molecule has 0 N–H and O–H groups in total. The number of halogens is 2. The first-order valence-electron chi connectivity index (χ1n) is 8.95. The van der Waals surface area contributed by atoms with E-state index in [0.29, 0.717) is 44.0 Å². The van der Waals surface area contributed by atoms with Crippen molar-refractivity contribution in [2.75, 3.05) is 31.1 Å². The largest absolute Gasteiger partial charge is 0.343 e. The number of rotatable bonds is 4. The molecule has 1 aliphatic heterocycles. The summed E-state index contributed by atoms with van der Waals surface area (Å²) in [6.45, 7) is 2.47. The first kappa shape index (κ1) is 18.5.